The highest BCUT2D eigenvalue weighted by atomic mass is 32.2. The molecule has 4 heterocycles. The van der Waals surface area contributed by atoms with Gasteiger partial charge in [-0.15, -0.1) is 0 Å². The highest BCUT2D eigenvalue weighted by molar-refractivity contribution is 7.90. The van der Waals surface area contributed by atoms with Gasteiger partial charge in [-0.1, -0.05) is 0 Å². The van der Waals surface area contributed by atoms with Crippen molar-refractivity contribution in [2.24, 2.45) is 7.05 Å². The van der Waals surface area contributed by atoms with E-state index in [0.717, 1.165) is 5.69 Å². The van der Waals surface area contributed by atoms with Crippen LogP contribution in [-0.2, 0) is 17.1 Å². The molecule has 0 saturated carbocycles. The van der Waals surface area contributed by atoms with Gasteiger partial charge in [-0.25, -0.2) is 8.96 Å². The lowest BCUT2D eigenvalue weighted by atomic mass is 10.2. The molecule has 0 aliphatic carbocycles. The van der Waals surface area contributed by atoms with Crippen molar-refractivity contribution >= 4 is 21.6 Å². The molecule has 4 aromatic rings. The number of anilines is 1. The average Bonchev–Trinajstić information content (AvgIpc) is 3.41. The summed E-state index contributed by atoms with van der Waals surface area (Å²) < 4.78 is 34.3. The van der Waals surface area contributed by atoms with Crippen LogP contribution < -0.4 is 5.32 Å². The van der Waals surface area contributed by atoms with Crippen LogP contribution in [0.4, 0.5) is 5.69 Å². The molecule has 0 aromatic carbocycles. The lowest BCUT2D eigenvalue weighted by Crippen LogP contribution is -2.20. The number of nitrogens with one attached hydrogen (secondary N) is 1. The highest BCUT2D eigenvalue weighted by Gasteiger charge is 2.28. The predicted octanol–water partition coefficient (Wildman–Crippen LogP) is 2.69. The first kappa shape index (κ1) is 20.5. The number of rotatable bonds is 5. The molecule has 0 saturated heterocycles. The number of aryl methyl sites for hydroxylation is 4. The summed E-state index contributed by atoms with van der Waals surface area (Å²) in [5, 5.41) is 6.39. The van der Waals surface area contributed by atoms with E-state index in [0.29, 0.717) is 17.0 Å². The molecule has 11 heteroatoms. The normalized spacial score (nSPS) is 11.6. The Bertz CT molecular complexity index is 1380. The number of carbonyl (C=O) groups excluding carboxylic acids is 1. The van der Waals surface area contributed by atoms with Crippen molar-refractivity contribution in [3.63, 3.8) is 0 Å². The fourth-order valence-electron chi connectivity index (χ4n) is 3.24. The van der Waals surface area contributed by atoms with Crippen LogP contribution in [0.2, 0.25) is 0 Å². The predicted molar refractivity (Wildman–Crippen MR) is 112 cm³/mol. The van der Waals surface area contributed by atoms with E-state index in [4.69, 9.17) is 4.42 Å². The standard InChI is InChI=1S/C20H20N6O4S/c1-12-9-15(7-8-21-12)19-23-17(11-30-19)18(27)22-16-10-25(4)24-20(16)31(28,29)26-13(2)5-6-14(26)3/h5-11H,1-4H3,(H,22,27). The summed E-state index contributed by atoms with van der Waals surface area (Å²) >= 11 is 0. The van der Waals surface area contributed by atoms with Crippen LogP contribution in [0.1, 0.15) is 27.6 Å². The van der Waals surface area contributed by atoms with Gasteiger partial charge in [0.05, 0.1) is 0 Å². The van der Waals surface area contributed by atoms with E-state index in [-0.39, 0.29) is 22.3 Å². The maximum absolute atomic E-state index is 13.2. The molecule has 1 amide bonds. The second-order valence-corrected chi connectivity index (χ2v) is 8.79. The van der Waals surface area contributed by atoms with Crippen molar-refractivity contribution in [3.05, 3.63) is 65.7 Å². The van der Waals surface area contributed by atoms with Crippen LogP contribution in [-0.4, -0.2) is 38.0 Å². The Morgan fingerprint density at radius 1 is 1.13 bits per heavy atom. The minimum absolute atomic E-state index is 0.00462. The summed E-state index contributed by atoms with van der Waals surface area (Å²) in [5.74, 6) is -0.362. The van der Waals surface area contributed by atoms with Gasteiger partial charge in [0.25, 0.3) is 15.9 Å². The van der Waals surface area contributed by atoms with Crippen LogP contribution in [0.15, 0.2) is 52.4 Å². The molecular formula is C20H20N6O4S. The van der Waals surface area contributed by atoms with Gasteiger partial charge < -0.3 is 9.73 Å². The largest absolute Gasteiger partial charge is 0.444 e. The number of aromatic nitrogens is 5. The molecular weight excluding hydrogens is 420 g/mol. The average molecular weight is 440 g/mol. The maximum atomic E-state index is 13.2. The fraction of sp³-hybridized carbons (Fsp3) is 0.200. The molecule has 0 spiro atoms. The number of pyridine rings is 1. The highest BCUT2D eigenvalue weighted by Crippen LogP contribution is 2.26. The van der Waals surface area contributed by atoms with Crippen molar-refractivity contribution in [3.8, 4) is 11.5 Å². The third-order valence-corrected chi connectivity index (χ3v) is 6.46. The van der Waals surface area contributed by atoms with Crippen molar-refractivity contribution in [1.82, 2.24) is 23.7 Å². The Kier molecular flexibility index (Phi) is 4.97. The quantitative estimate of drug-likeness (QED) is 0.506. The zero-order valence-electron chi connectivity index (χ0n) is 17.3. The molecule has 0 bridgehead atoms. The van der Waals surface area contributed by atoms with E-state index < -0.39 is 15.9 Å². The van der Waals surface area contributed by atoms with Gasteiger partial charge in [-0.3, -0.25) is 14.5 Å². The van der Waals surface area contributed by atoms with Crippen molar-refractivity contribution < 1.29 is 17.6 Å². The van der Waals surface area contributed by atoms with Crippen LogP contribution in [0, 0.1) is 20.8 Å². The summed E-state index contributed by atoms with van der Waals surface area (Å²) in [4.78, 5) is 21.1. The first-order valence-corrected chi connectivity index (χ1v) is 10.7. The van der Waals surface area contributed by atoms with Crippen LogP contribution in [0.5, 0.6) is 0 Å². The molecule has 0 fully saturated rings. The van der Waals surface area contributed by atoms with Gasteiger partial charge >= 0.3 is 0 Å². The number of oxazole rings is 1. The molecule has 10 nitrogen and oxygen atoms in total. The second kappa shape index (κ2) is 7.51. The summed E-state index contributed by atoms with van der Waals surface area (Å²) in [5.41, 5.74) is 2.58. The number of nitrogens with zero attached hydrogens (tertiary/aromatic N) is 5. The Hall–Kier alpha value is -3.73. The summed E-state index contributed by atoms with van der Waals surface area (Å²) in [6.07, 6.45) is 4.25. The van der Waals surface area contributed by atoms with Crippen LogP contribution >= 0.6 is 0 Å². The van der Waals surface area contributed by atoms with Gasteiger partial charge in [-0.05, 0) is 45.0 Å². The summed E-state index contributed by atoms with van der Waals surface area (Å²) in [6.45, 7) is 5.20. The maximum Gasteiger partial charge on any atom is 0.289 e. The van der Waals surface area contributed by atoms with Gasteiger partial charge in [0, 0.05) is 42.1 Å². The topological polar surface area (TPSA) is 125 Å². The molecule has 31 heavy (non-hydrogen) atoms. The Morgan fingerprint density at radius 2 is 1.84 bits per heavy atom. The van der Waals surface area contributed by atoms with E-state index in [1.54, 1.807) is 51.4 Å². The molecule has 160 valence electrons. The molecule has 0 aliphatic heterocycles. The van der Waals surface area contributed by atoms with Gasteiger partial charge in [0.15, 0.2) is 5.69 Å². The molecule has 4 rings (SSSR count). The number of hydrogen-bond donors (Lipinski definition) is 1. The van der Waals surface area contributed by atoms with Gasteiger partial charge in [0.2, 0.25) is 10.9 Å². The van der Waals surface area contributed by atoms with E-state index in [1.807, 2.05) is 6.92 Å². The molecule has 4 aromatic heterocycles. The molecule has 0 radical (unpaired) electrons. The lowest BCUT2D eigenvalue weighted by molar-refractivity contribution is 0.102. The van der Waals surface area contributed by atoms with E-state index in [1.165, 1.54) is 21.1 Å². The van der Waals surface area contributed by atoms with Crippen molar-refractivity contribution in [2.45, 2.75) is 25.8 Å². The molecule has 0 aliphatic rings. The van der Waals surface area contributed by atoms with Crippen LogP contribution in [0.25, 0.3) is 11.5 Å². The number of hydrogen-bond acceptors (Lipinski definition) is 7. The van der Waals surface area contributed by atoms with Gasteiger partial charge in [-0.2, -0.15) is 13.5 Å². The molecule has 1 N–H and O–H groups in total. The van der Waals surface area contributed by atoms with E-state index in [2.05, 4.69) is 20.4 Å². The van der Waals surface area contributed by atoms with Crippen LogP contribution in [0.3, 0.4) is 0 Å². The fourth-order valence-corrected chi connectivity index (χ4v) is 4.91. The number of carbonyl (C=O) groups is 1. The zero-order valence-corrected chi connectivity index (χ0v) is 18.1. The Labute approximate surface area is 178 Å². The van der Waals surface area contributed by atoms with Crippen molar-refractivity contribution in [2.75, 3.05) is 5.32 Å². The van der Waals surface area contributed by atoms with Crippen molar-refractivity contribution in [1.29, 1.82) is 0 Å². The van der Waals surface area contributed by atoms with Gasteiger partial charge in [0.1, 0.15) is 12.0 Å². The first-order valence-electron chi connectivity index (χ1n) is 9.31. The third kappa shape index (κ3) is 3.75. The minimum Gasteiger partial charge on any atom is -0.444 e. The lowest BCUT2D eigenvalue weighted by Gasteiger charge is -2.10. The van der Waals surface area contributed by atoms with E-state index >= 15 is 0 Å². The minimum atomic E-state index is -4.02. The molecule has 0 unspecified atom stereocenters. The smallest absolute Gasteiger partial charge is 0.289 e. The van der Waals surface area contributed by atoms with E-state index in [9.17, 15) is 13.2 Å². The third-order valence-electron chi connectivity index (χ3n) is 4.61. The molecule has 0 atom stereocenters. The number of amides is 1. The monoisotopic (exact) mass is 440 g/mol. The zero-order chi connectivity index (χ0) is 22.3. The summed E-state index contributed by atoms with van der Waals surface area (Å²) in [6, 6.07) is 6.90. The second-order valence-electron chi connectivity index (χ2n) is 7.09. The Balaban J connectivity index is 1.65. The summed E-state index contributed by atoms with van der Waals surface area (Å²) in [7, 11) is -2.44. The SMILES string of the molecule is Cc1cc(-c2nc(C(=O)Nc3cn(C)nc3S(=O)(=O)n3c(C)ccc3C)co2)ccn1. The Morgan fingerprint density at radius 3 is 2.52 bits per heavy atom. The first-order chi connectivity index (χ1) is 14.7.